The number of nitrogens with zero attached hydrogens (tertiary/aromatic N) is 4. The third-order valence-electron chi connectivity index (χ3n) is 5.29. The highest BCUT2D eigenvalue weighted by Gasteiger charge is 2.26. The Morgan fingerprint density at radius 2 is 1.91 bits per heavy atom. The average molecular weight is 462 g/mol. The number of benzene rings is 2. The van der Waals surface area contributed by atoms with Crippen LogP contribution < -0.4 is 10.2 Å². The van der Waals surface area contributed by atoms with E-state index in [1.165, 1.54) is 11.9 Å². The van der Waals surface area contributed by atoms with E-state index in [1.54, 1.807) is 23.8 Å². The third-order valence-corrected chi connectivity index (χ3v) is 6.10. The summed E-state index contributed by atoms with van der Waals surface area (Å²) in [4.78, 5) is 30.7. The second-order valence-corrected chi connectivity index (χ2v) is 8.43. The van der Waals surface area contributed by atoms with E-state index in [9.17, 15) is 14.7 Å². The summed E-state index contributed by atoms with van der Waals surface area (Å²) in [6.45, 7) is 1.81. The molecule has 0 radical (unpaired) electrons. The fourth-order valence-electron chi connectivity index (χ4n) is 3.74. The number of para-hydroxylation sites is 1. The van der Waals surface area contributed by atoms with Gasteiger partial charge in [0, 0.05) is 5.39 Å². The van der Waals surface area contributed by atoms with E-state index >= 15 is 0 Å². The zero-order valence-corrected chi connectivity index (χ0v) is 18.5. The first kappa shape index (κ1) is 21.0. The van der Waals surface area contributed by atoms with Crippen LogP contribution in [0.2, 0.25) is 0 Å². The van der Waals surface area contributed by atoms with Crippen LogP contribution >= 0.6 is 11.8 Å². The van der Waals surface area contributed by atoms with Crippen molar-refractivity contribution in [2.45, 2.75) is 13.0 Å². The van der Waals surface area contributed by atoms with Gasteiger partial charge in [-0.3, -0.25) is 14.9 Å². The van der Waals surface area contributed by atoms with Crippen LogP contribution in [-0.4, -0.2) is 43.1 Å². The SMILES string of the molecule is COn1c(/C=C2\SC(=O)NC2=O)cc2cc(C(O)c3nn(-c4ccccc4)nc3C)ccc21. The zero-order chi connectivity index (χ0) is 23.1. The van der Waals surface area contributed by atoms with Crippen LogP contribution in [-0.2, 0) is 4.79 Å². The molecule has 4 aromatic rings. The minimum atomic E-state index is -0.978. The van der Waals surface area contributed by atoms with Gasteiger partial charge >= 0.3 is 0 Å². The van der Waals surface area contributed by atoms with Crippen molar-refractivity contribution in [3.05, 3.63) is 82.1 Å². The molecule has 0 spiro atoms. The molecule has 1 aliphatic rings. The monoisotopic (exact) mass is 461 g/mol. The Morgan fingerprint density at radius 1 is 1.12 bits per heavy atom. The van der Waals surface area contributed by atoms with Crippen molar-refractivity contribution in [3.63, 3.8) is 0 Å². The molecule has 1 saturated heterocycles. The molecule has 0 bridgehead atoms. The first-order valence-corrected chi connectivity index (χ1v) is 10.9. The van der Waals surface area contributed by atoms with E-state index in [1.807, 2.05) is 48.5 Å². The maximum atomic E-state index is 11.9. The number of fused-ring (bicyclic) bond motifs is 1. The number of imide groups is 1. The van der Waals surface area contributed by atoms with Crippen molar-refractivity contribution in [1.82, 2.24) is 25.0 Å². The van der Waals surface area contributed by atoms with E-state index in [4.69, 9.17) is 4.84 Å². The summed E-state index contributed by atoms with van der Waals surface area (Å²) in [6, 6.07) is 16.8. The van der Waals surface area contributed by atoms with Crippen molar-refractivity contribution >= 4 is 39.9 Å². The molecule has 10 heteroatoms. The third kappa shape index (κ3) is 3.79. The van der Waals surface area contributed by atoms with Crippen LogP contribution in [0.1, 0.15) is 28.7 Å². The van der Waals surface area contributed by atoms with Crippen molar-refractivity contribution in [2.75, 3.05) is 7.11 Å². The minimum Gasteiger partial charge on any atom is -0.417 e. The normalized spacial score (nSPS) is 15.9. The van der Waals surface area contributed by atoms with Crippen molar-refractivity contribution < 1.29 is 19.5 Å². The second-order valence-electron chi connectivity index (χ2n) is 7.41. The lowest BCUT2D eigenvalue weighted by Gasteiger charge is -2.10. The van der Waals surface area contributed by atoms with Crippen LogP contribution in [0.25, 0.3) is 22.7 Å². The van der Waals surface area contributed by atoms with Gasteiger partial charge in [-0.15, -0.1) is 5.10 Å². The van der Waals surface area contributed by atoms with Crippen molar-refractivity contribution in [3.8, 4) is 5.69 Å². The van der Waals surface area contributed by atoms with Gasteiger partial charge in [0.25, 0.3) is 11.1 Å². The second kappa shape index (κ2) is 8.23. The smallest absolute Gasteiger partial charge is 0.290 e. The van der Waals surface area contributed by atoms with Crippen LogP contribution in [0.5, 0.6) is 0 Å². The number of nitrogens with one attached hydrogen (secondary N) is 1. The van der Waals surface area contributed by atoms with E-state index in [0.29, 0.717) is 22.6 Å². The molecule has 1 fully saturated rings. The summed E-state index contributed by atoms with van der Waals surface area (Å²) in [7, 11) is 1.52. The Labute approximate surface area is 192 Å². The van der Waals surface area contributed by atoms with Crippen molar-refractivity contribution in [2.24, 2.45) is 0 Å². The van der Waals surface area contributed by atoms with Gasteiger partial charge in [-0.1, -0.05) is 24.3 Å². The Balaban J connectivity index is 1.51. The quantitative estimate of drug-likeness (QED) is 0.440. The van der Waals surface area contributed by atoms with E-state index in [-0.39, 0.29) is 4.91 Å². The lowest BCUT2D eigenvalue weighted by Crippen LogP contribution is -2.18. The molecule has 0 aliphatic carbocycles. The molecule has 166 valence electrons. The Hall–Kier alpha value is -3.89. The summed E-state index contributed by atoms with van der Waals surface area (Å²) in [5.41, 5.74) is 3.87. The molecule has 1 atom stereocenters. The summed E-state index contributed by atoms with van der Waals surface area (Å²) < 4.78 is 1.56. The molecule has 2 amide bonds. The predicted molar refractivity (Wildman–Crippen MR) is 124 cm³/mol. The number of carbonyl (C=O) groups excluding carboxylic acids is 2. The summed E-state index contributed by atoms with van der Waals surface area (Å²) >= 11 is 0.840. The highest BCUT2D eigenvalue weighted by molar-refractivity contribution is 8.18. The van der Waals surface area contributed by atoms with Crippen LogP contribution in [0.4, 0.5) is 4.79 Å². The Morgan fingerprint density at radius 3 is 2.61 bits per heavy atom. The number of carbonyl (C=O) groups is 2. The van der Waals surface area contributed by atoms with Gasteiger partial charge in [0.15, 0.2) is 0 Å². The molecule has 0 saturated carbocycles. The van der Waals surface area contributed by atoms with Gasteiger partial charge in [-0.25, -0.2) is 0 Å². The molecule has 9 nitrogen and oxygen atoms in total. The number of aryl methyl sites for hydroxylation is 1. The van der Waals surface area contributed by atoms with Gasteiger partial charge in [0.2, 0.25) is 0 Å². The first-order valence-electron chi connectivity index (χ1n) is 10.1. The molecule has 33 heavy (non-hydrogen) atoms. The number of amides is 2. The first-order chi connectivity index (χ1) is 15.9. The highest BCUT2D eigenvalue weighted by Crippen LogP contribution is 2.30. The summed E-state index contributed by atoms with van der Waals surface area (Å²) in [5.74, 6) is -0.439. The molecule has 2 N–H and O–H groups in total. The molecule has 2 aromatic carbocycles. The highest BCUT2D eigenvalue weighted by atomic mass is 32.2. The van der Waals surface area contributed by atoms with Crippen LogP contribution in [0.3, 0.4) is 0 Å². The molecule has 2 aromatic heterocycles. The molecule has 1 aliphatic heterocycles. The van der Waals surface area contributed by atoms with E-state index < -0.39 is 17.3 Å². The lowest BCUT2D eigenvalue weighted by molar-refractivity contribution is -0.115. The van der Waals surface area contributed by atoms with Gasteiger partial charge in [-0.2, -0.15) is 14.6 Å². The van der Waals surface area contributed by atoms with Gasteiger partial charge in [-0.05, 0) is 60.7 Å². The van der Waals surface area contributed by atoms with E-state index in [2.05, 4.69) is 15.5 Å². The number of aliphatic hydroxyl groups is 1. The summed E-state index contributed by atoms with van der Waals surface area (Å²) in [5, 5.41) is 22.6. The largest absolute Gasteiger partial charge is 0.417 e. The minimum absolute atomic E-state index is 0.287. The number of hydrogen-bond acceptors (Lipinski definition) is 7. The van der Waals surface area contributed by atoms with Crippen LogP contribution in [0, 0.1) is 6.92 Å². The van der Waals surface area contributed by atoms with Gasteiger partial charge < -0.3 is 9.94 Å². The maximum Gasteiger partial charge on any atom is 0.290 e. The molecule has 3 heterocycles. The number of hydrogen-bond donors (Lipinski definition) is 2. The number of thioether (sulfide) groups is 1. The molecular formula is C23H19N5O4S. The van der Waals surface area contributed by atoms with Crippen molar-refractivity contribution in [1.29, 1.82) is 0 Å². The number of aliphatic hydroxyl groups excluding tert-OH is 1. The molecule has 1 unspecified atom stereocenters. The molecule has 5 rings (SSSR count). The van der Waals surface area contributed by atoms with E-state index in [0.717, 1.165) is 28.4 Å². The average Bonchev–Trinajstić information content (AvgIpc) is 3.47. The van der Waals surface area contributed by atoms with Gasteiger partial charge in [0.1, 0.15) is 18.9 Å². The standard InChI is InChI=1S/C23H19N5O4S/c1-13-20(26-28(25-13)16-6-4-3-5-7-16)21(29)14-8-9-18-15(10-14)11-17(27(18)32-2)12-19-22(30)24-23(31)33-19/h3-12,21,29H,1-2H3,(H,24,30,31)/b19-12-. The Bertz CT molecular complexity index is 1420. The van der Waals surface area contributed by atoms with Gasteiger partial charge in [0.05, 0.1) is 27.5 Å². The molecular weight excluding hydrogens is 442 g/mol. The van der Waals surface area contributed by atoms with Crippen LogP contribution in [0.15, 0.2) is 59.5 Å². The maximum absolute atomic E-state index is 11.9. The topological polar surface area (TPSA) is 111 Å². The Kier molecular flexibility index (Phi) is 5.23. The fourth-order valence-corrected chi connectivity index (χ4v) is 4.40. The zero-order valence-electron chi connectivity index (χ0n) is 17.7. The number of rotatable bonds is 5. The number of aromatic nitrogens is 4. The summed E-state index contributed by atoms with van der Waals surface area (Å²) in [6.07, 6.45) is 0.619. The lowest BCUT2D eigenvalue weighted by atomic mass is 10.0. The fraction of sp³-hybridized carbons (Fsp3) is 0.130. The predicted octanol–water partition coefficient (Wildman–Crippen LogP) is 2.99.